The first-order valence-corrected chi connectivity index (χ1v) is 7.55. The van der Waals surface area contributed by atoms with Crippen LogP contribution in [0.2, 0.25) is 0 Å². The summed E-state index contributed by atoms with van der Waals surface area (Å²) in [6.45, 7) is 2.07. The topological polar surface area (TPSA) is 72.2 Å². The number of nitrogens with two attached hydrogens (primary N) is 1. The van der Waals surface area contributed by atoms with Crippen LogP contribution in [0.4, 0.5) is 13.2 Å². The fraction of sp³-hybridized carbons (Fsp3) is 0.500. The summed E-state index contributed by atoms with van der Waals surface area (Å²) >= 11 is 0. The summed E-state index contributed by atoms with van der Waals surface area (Å²) in [4.78, 5) is -0.396. The van der Waals surface area contributed by atoms with E-state index in [9.17, 15) is 21.6 Å². The molecule has 0 aromatic heterocycles. The van der Waals surface area contributed by atoms with E-state index in [1.165, 1.54) is 0 Å². The minimum absolute atomic E-state index is 0.391. The first-order valence-electron chi connectivity index (χ1n) is 6.06. The third-order valence-corrected chi connectivity index (χ3v) is 4.26. The van der Waals surface area contributed by atoms with Gasteiger partial charge in [-0.15, -0.1) is 0 Å². The lowest BCUT2D eigenvalue weighted by Gasteiger charge is -2.14. The molecule has 1 aromatic carbocycles. The van der Waals surface area contributed by atoms with Gasteiger partial charge in [-0.1, -0.05) is 6.07 Å². The fourth-order valence-electron chi connectivity index (χ4n) is 1.66. The predicted octanol–water partition coefficient (Wildman–Crippen LogP) is 2.11. The molecule has 0 saturated heterocycles. The zero-order valence-corrected chi connectivity index (χ0v) is 11.8. The molecule has 0 saturated carbocycles. The molecule has 3 N–H and O–H groups in total. The number of halogens is 3. The van der Waals surface area contributed by atoms with E-state index in [0.29, 0.717) is 25.5 Å². The molecule has 0 heterocycles. The molecule has 0 amide bonds. The van der Waals surface area contributed by atoms with Gasteiger partial charge >= 0.3 is 6.18 Å². The Bertz CT molecular complexity index is 544. The first-order chi connectivity index (χ1) is 9.16. The molecule has 0 fully saturated rings. The van der Waals surface area contributed by atoms with E-state index in [1.807, 2.05) is 0 Å². The molecule has 0 radical (unpaired) electrons. The lowest BCUT2D eigenvalue weighted by atomic mass is 10.2. The minimum Gasteiger partial charge on any atom is -0.330 e. The van der Waals surface area contributed by atoms with Gasteiger partial charge in [0.15, 0.2) is 0 Å². The molecule has 0 spiro atoms. The minimum atomic E-state index is -4.57. The third-order valence-electron chi connectivity index (χ3n) is 2.67. The molecule has 20 heavy (non-hydrogen) atoms. The number of alkyl halides is 3. The number of hydrogen-bond donors (Lipinski definition) is 2. The highest BCUT2D eigenvalue weighted by atomic mass is 32.2. The number of sulfonamides is 1. The molecule has 1 atom stereocenters. The second kappa shape index (κ2) is 6.55. The van der Waals surface area contributed by atoms with Crippen LogP contribution in [0.1, 0.15) is 25.3 Å². The molecule has 0 aliphatic carbocycles. The van der Waals surface area contributed by atoms with Crippen LogP contribution in [0.25, 0.3) is 0 Å². The molecular formula is C12H17F3N2O2S. The maximum absolute atomic E-state index is 12.6. The van der Waals surface area contributed by atoms with Gasteiger partial charge in [0.25, 0.3) is 0 Å². The molecule has 1 rings (SSSR count). The van der Waals surface area contributed by atoms with Crippen LogP contribution >= 0.6 is 0 Å². The zero-order valence-electron chi connectivity index (χ0n) is 10.9. The number of nitrogens with one attached hydrogen (secondary N) is 1. The van der Waals surface area contributed by atoms with Crippen molar-refractivity contribution in [3.63, 3.8) is 0 Å². The fourth-order valence-corrected chi connectivity index (χ4v) is 2.98. The van der Waals surface area contributed by atoms with Gasteiger partial charge in [0.05, 0.1) is 10.5 Å². The summed E-state index contributed by atoms with van der Waals surface area (Å²) in [6, 6.07) is 3.27. The second-order valence-corrected chi connectivity index (χ2v) is 6.19. The summed E-state index contributed by atoms with van der Waals surface area (Å²) < 4.78 is 64.0. The highest BCUT2D eigenvalue weighted by Gasteiger charge is 2.31. The van der Waals surface area contributed by atoms with E-state index >= 15 is 0 Å². The Morgan fingerprint density at radius 3 is 2.55 bits per heavy atom. The molecule has 4 nitrogen and oxygen atoms in total. The van der Waals surface area contributed by atoms with Crippen molar-refractivity contribution in [3.8, 4) is 0 Å². The Hall–Kier alpha value is -1.12. The normalized spacial score (nSPS) is 14.2. The van der Waals surface area contributed by atoms with E-state index < -0.39 is 32.7 Å². The van der Waals surface area contributed by atoms with Gasteiger partial charge in [-0.25, -0.2) is 13.1 Å². The second-order valence-electron chi connectivity index (χ2n) is 4.48. The van der Waals surface area contributed by atoms with Crippen molar-refractivity contribution in [1.82, 2.24) is 4.72 Å². The molecule has 0 aliphatic heterocycles. The van der Waals surface area contributed by atoms with E-state index in [-0.39, 0.29) is 0 Å². The van der Waals surface area contributed by atoms with Crippen molar-refractivity contribution in [2.75, 3.05) is 6.54 Å². The molecule has 114 valence electrons. The quantitative estimate of drug-likeness (QED) is 0.845. The summed E-state index contributed by atoms with van der Waals surface area (Å²) in [5.41, 5.74) is 4.33. The number of benzene rings is 1. The maximum atomic E-state index is 12.6. The van der Waals surface area contributed by atoms with Crippen LogP contribution in [-0.2, 0) is 16.2 Å². The van der Waals surface area contributed by atoms with E-state index in [1.54, 1.807) is 6.92 Å². The summed E-state index contributed by atoms with van der Waals surface area (Å²) in [5, 5.41) is 0. The largest absolute Gasteiger partial charge is 0.416 e. The van der Waals surface area contributed by atoms with Crippen LogP contribution in [0.3, 0.4) is 0 Å². The number of hydrogen-bond acceptors (Lipinski definition) is 3. The van der Waals surface area contributed by atoms with Crippen LogP contribution < -0.4 is 10.5 Å². The van der Waals surface area contributed by atoms with Crippen molar-refractivity contribution in [2.24, 2.45) is 5.73 Å². The Balaban J connectivity index is 2.93. The Morgan fingerprint density at radius 2 is 2.00 bits per heavy atom. The SMILES string of the molecule is CC(CCCN)NS(=O)(=O)c1cccc(C(F)(F)F)c1. The Morgan fingerprint density at radius 1 is 1.35 bits per heavy atom. The molecule has 0 aliphatic rings. The van der Waals surface area contributed by atoms with Crippen LogP contribution in [0.15, 0.2) is 29.2 Å². The first kappa shape index (κ1) is 16.9. The van der Waals surface area contributed by atoms with Crippen molar-refractivity contribution in [2.45, 2.75) is 36.9 Å². The Labute approximate surface area is 116 Å². The number of rotatable bonds is 6. The van der Waals surface area contributed by atoms with Crippen LogP contribution in [0.5, 0.6) is 0 Å². The van der Waals surface area contributed by atoms with Crippen molar-refractivity contribution in [1.29, 1.82) is 0 Å². The highest BCUT2D eigenvalue weighted by molar-refractivity contribution is 7.89. The van der Waals surface area contributed by atoms with E-state index in [0.717, 1.165) is 18.2 Å². The monoisotopic (exact) mass is 310 g/mol. The van der Waals surface area contributed by atoms with E-state index in [4.69, 9.17) is 5.73 Å². The van der Waals surface area contributed by atoms with Gasteiger partial charge < -0.3 is 5.73 Å². The zero-order chi connectivity index (χ0) is 15.4. The Kier molecular flexibility index (Phi) is 5.55. The maximum Gasteiger partial charge on any atom is 0.416 e. The summed E-state index contributed by atoms with van der Waals surface area (Å²) in [6.07, 6.45) is -3.42. The van der Waals surface area contributed by atoms with Gasteiger partial charge in [0, 0.05) is 6.04 Å². The van der Waals surface area contributed by atoms with Crippen LogP contribution in [-0.4, -0.2) is 21.0 Å². The van der Waals surface area contributed by atoms with Gasteiger partial charge in [-0.3, -0.25) is 0 Å². The molecule has 1 unspecified atom stereocenters. The summed E-state index contributed by atoms with van der Waals surface area (Å²) in [7, 11) is -3.96. The molecule has 8 heteroatoms. The lowest BCUT2D eigenvalue weighted by Crippen LogP contribution is -2.33. The van der Waals surface area contributed by atoms with Gasteiger partial charge in [0.1, 0.15) is 0 Å². The van der Waals surface area contributed by atoms with Gasteiger partial charge in [-0.2, -0.15) is 13.2 Å². The highest BCUT2D eigenvalue weighted by Crippen LogP contribution is 2.30. The van der Waals surface area contributed by atoms with E-state index in [2.05, 4.69) is 4.72 Å². The molecule has 1 aromatic rings. The van der Waals surface area contributed by atoms with Crippen LogP contribution in [0, 0.1) is 0 Å². The average Bonchev–Trinajstić information content (AvgIpc) is 2.35. The van der Waals surface area contributed by atoms with Crippen molar-refractivity contribution >= 4 is 10.0 Å². The van der Waals surface area contributed by atoms with Gasteiger partial charge in [0.2, 0.25) is 10.0 Å². The third kappa shape index (κ3) is 4.77. The van der Waals surface area contributed by atoms with Gasteiger partial charge in [-0.05, 0) is 44.5 Å². The molecular weight excluding hydrogens is 293 g/mol. The molecule has 0 bridgehead atoms. The predicted molar refractivity (Wildman–Crippen MR) is 69.5 cm³/mol. The summed E-state index contributed by atoms with van der Waals surface area (Å²) in [5.74, 6) is 0. The van der Waals surface area contributed by atoms with Crippen molar-refractivity contribution in [3.05, 3.63) is 29.8 Å². The average molecular weight is 310 g/mol. The standard InChI is InChI=1S/C12H17F3N2O2S/c1-9(4-3-7-16)17-20(18,19)11-6-2-5-10(8-11)12(13,14)15/h2,5-6,8-9,17H,3-4,7,16H2,1H3. The van der Waals surface area contributed by atoms with Crippen molar-refractivity contribution < 1.29 is 21.6 Å². The lowest BCUT2D eigenvalue weighted by molar-refractivity contribution is -0.137. The smallest absolute Gasteiger partial charge is 0.330 e.